The summed E-state index contributed by atoms with van der Waals surface area (Å²) in [6.45, 7) is 6.39. The Labute approximate surface area is 183 Å². The molecule has 31 heavy (non-hydrogen) atoms. The average molecular weight is 422 g/mol. The number of piperidine rings is 1. The van der Waals surface area contributed by atoms with Gasteiger partial charge in [0.05, 0.1) is 23.3 Å². The number of likely N-dealkylation sites (tertiary alicyclic amines) is 1. The minimum atomic E-state index is -0.827. The van der Waals surface area contributed by atoms with Crippen molar-refractivity contribution < 1.29 is 9.59 Å². The van der Waals surface area contributed by atoms with E-state index in [9.17, 15) is 9.59 Å². The fourth-order valence-corrected chi connectivity index (χ4v) is 4.25. The molecule has 2 aromatic rings. The highest BCUT2D eigenvalue weighted by Crippen LogP contribution is 2.32. The molecule has 0 atom stereocenters. The maximum atomic E-state index is 13.1. The number of carbonyl (C=O) groups is 2. The molecule has 3 heterocycles. The van der Waals surface area contributed by atoms with Crippen LogP contribution in [0.3, 0.4) is 0 Å². The number of hydrogen-bond acceptors (Lipinski definition) is 5. The molecule has 0 aliphatic carbocycles. The monoisotopic (exact) mass is 421 g/mol. The molecule has 2 fully saturated rings. The zero-order chi connectivity index (χ0) is 22.0. The molecule has 164 valence electrons. The topological polar surface area (TPSA) is 91.6 Å². The number of benzene rings is 1. The van der Waals surface area contributed by atoms with E-state index in [1.807, 2.05) is 29.2 Å². The second-order valence-corrected chi connectivity index (χ2v) is 9.12. The third-order valence-electron chi connectivity index (χ3n) is 6.21. The van der Waals surface area contributed by atoms with Gasteiger partial charge in [0.1, 0.15) is 0 Å². The van der Waals surface area contributed by atoms with Crippen molar-refractivity contribution in [2.75, 3.05) is 31.1 Å². The van der Waals surface area contributed by atoms with Crippen molar-refractivity contribution in [1.29, 1.82) is 0 Å². The van der Waals surface area contributed by atoms with Crippen LogP contribution in [0, 0.1) is 5.92 Å². The third-order valence-corrected chi connectivity index (χ3v) is 6.21. The van der Waals surface area contributed by atoms with Crippen LogP contribution in [0.25, 0.3) is 0 Å². The van der Waals surface area contributed by atoms with Crippen LogP contribution in [0.15, 0.2) is 48.8 Å². The summed E-state index contributed by atoms with van der Waals surface area (Å²) in [5, 5.41) is 3.17. The Kier molecular flexibility index (Phi) is 6.07. The molecule has 2 aliphatic heterocycles. The summed E-state index contributed by atoms with van der Waals surface area (Å²) < 4.78 is 0. The van der Waals surface area contributed by atoms with Crippen LogP contribution < -0.4 is 16.0 Å². The molecule has 0 bridgehead atoms. The second kappa shape index (κ2) is 8.77. The molecule has 2 aliphatic rings. The molecule has 2 amide bonds. The van der Waals surface area contributed by atoms with Crippen LogP contribution in [0.5, 0.6) is 0 Å². The van der Waals surface area contributed by atoms with Gasteiger partial charge in [0.25, 0.3) is 0 Å². The lowest BCUT2D eigenvalue weighted by Gasteiger charge is -2.36. The predicted molar refractivity (Wildman–Crippen MR) is 121 cm³/mol. The molecule has 1 aromatic heterocycles. The Morgan fingerprint density at radius 1 is 1.10 bits per heavy atom. The van der Waals surface area contributed by atoms with Crippen LogP contribution in [-0.4, -0.2) is 53.4 Å². The quantitative estimate of drug-likeness (QED) is 0.774. The predicted octanol–water partition coefficient (Wildman–Crippen LogP) is 2.41. The van der Waals surface area contributed by atoms with E-state index in [1.165, 1.54) is 5.56 Å². The molecule has 0 radical (unpaired) electrons. The Hall–Kier alpha value is -2.77. The molecule has 7 nitrogen and oxygen atoms in total. The van der Waals surface area contributed by atoms with Crippen molar-refractivity contribution >= 4 is 23.2 Å². The lowest BCUT2D eigenvalue weighted by Crippen LogP contribution is -2.53. The fourth-order valence-electron chi connectivity index (χ4n) is 4.25. The molecule has 1 aromatic carbocycles. The summed E-state index contributed by atoms with van der Waals surface area (Å²) >= 11 is 0. The highest BCUT2D eigenvalue weighted by Gasteiger charge is 2.32. The van der Waals surface area contributed by atoms with Crippen LogP contribution in [0.1, 0.15) is 38.2 Å². The lowest BCUT2D eigenvalue weighted by atomic mass is 9.88. The molecular weight excluding hydrogens is 390 g/mol. The van der Waals surface area contributed by atoms with E-state index in [4.69, 9.17) is 5.73 Å². The minimum Gasteiger partial charge on any atom is -0.341 e. The molecule has 0 spiro atoms. The van der Waals surface area contributed by atoms with Gasteiger partial charge in [-0.25, -0.2) is 0 Å². The number of amides is 2. The Morgan fingerprint density at radius 3 is 2.29 bits per heavy atom. The van der Waals surface area contributed by atoms with Crippen molar-refractivity contribution in [1.82, 2.24) is 15.2 Å². The number of pyridine rings is 1. The summed E-state index contributed by atoms with van der Waals surface area (Å²) in [7, 11) is 0. The van der Waals surface area contributed by atoms with Crippen molar-refractivity contribution in [2.45, 2.75) is 38.1 Å². The second-order valence-electron chi connectivity index (χ2n) is 9.12. The summed E-state index contributed by atoms with van der Waals surface area (Å²) in [6, 6.07) is 12.0. The highest BCUT2D eigenvalue weighted by atomic mass is 16.2. The average Bonchev–Trinajstić information content (AvgIpc) is 2.73. The fraction of sp³-hybridized carbons (Fsp3) is 0.458. The van der Waals surface area contributed by atoms with Crippen LogP contribution >= 0.6 is 0 Å². The van der Waals surface area contributed by atoms with Crippen LogP contribution in [0.4, 0.5) is 11.4 Å². The molecule has 0 saturated carbocycles. The molecule has 2 saturated heterocycles. The maximum absolute atomic E-state index is 13.1. The van der Waals surface area contributed by atoms with E-state index in [0.717, 1.165) is 37.3 Å². The normalized spacial score (nSPS) is 17.8. The molecule has 7 heteroatoms. The summed E-state index contributed by atoms with van der Waals surface area (Å²) in [5.41, 5.74) is 8.03. The number of anilines is 2. The lowest BCUT2D eigenvalue weighted by molar-refractivity contribution is -0.136. The van der Waals surface area contributed by atoms with Gasteiger partial charge < -0.3 is 16.0 Å². The van der Waals surface area contributed by atoms with Crippen molar-refractivity contribution in [3.63, 3.8) is 0 Å². The third kappa shape index (κ3) is 4.62. The molecule has 3 N–H and O–H groups in total. The number of aromatic nitrogens is 1. The molecule has 0 unspecified atom stereocenters. The van der Waals surface area contributed by atoms with Crippen molar-refractivity contribution in [3.05, 3.63) is 54.4 Å². The summed E-state index contributed by atoms with van der Waals surface area (Å²) in [5.74, 6) is 0.499. The van der Waals surface area contributed by atoms with E-state index < -0.39 is 5.54 Å². The van der Waals surface area contributed by atoms with Gasteiger partial charge in [-0.3, -0.25) is 19.5 Å². The SMILES string of the molecule is CC(C)(N)C(=O)N1CCC(c2ccc(N(C(=O)C3CNC3)c3cccnc3)cc2)CC1. The molecule has 4 rings (SSSR count). The Morgan fingerprint density at radius 2 is 1.77 bits per heavy atom. The van der Waals surface area contributed by atoms with Gasteiger partial charge in [0, 0.05) is 38.1 Å². The smallest absolute Gasteiger partial charge is 0.242 e. The van der Waals surface area contributed by atoms with Gasteiger partial charge in [0.2, 0.25) is 11.8 Å². The van der Waals surface area contributed by atoms with E-state index in [1.54, 1.807) is 31.1 Å². The first-order valence-corrected chi connectivity index (χ1v) is 11.0. The van der Waals surface area contributed by atoms with Crippen molar-refractivity contribution in [3.8, 4) is 0 Å². The van der Waals surface area contributed by atoms with Crippen LogP contribution in [-0.2, 0) is 9.59 Å². The number of nitrogens with two attached hydrogens (primary N) is 1. The standard InChI is InChI=1S/C24H31N5O2/c1-24(2,25)23(31)28-12-9-18(10-13-28)17-5-7-20(8-6-17)29(21-4-3-11-26-16-21)22(30)19-14-27-15-19/h3-8,11,16,18-19,27H,9-10,12-15,25H2,1-2H3. The summed E-state index contributed by atoms with van der Waals surface area (Å²) in [6.07, 6.45) is 5.27. The summed E-state index contributed by atoms with van der Waals surface area (Å²) in [4.78, 5) is 33.4. The van der Waals surface area contributed by atoms with E-state index in [-0.39, 0.29) is 17.7 Å². The largest absolute Gasteiger partial charge is 0.341 e. The number of carbonyl (C=O) groups excluding carboxylic acids is 2. The van der Waals surface area contributed by atoms with E-state index >= 15 is 0 Å². The number of nitrogens with zero attached hydrogens (tertiary/aromatic N) is 3. The van der Waals surface area contributed by atoms with Crippen molar-refractivity contribution in [2.24, 2.45) is 11.7 Å². The zero-order valence-corrected chi connectivity index (χ0v) is 18.3. The minimum absolute atomic E-state index is 0.00598. The van der Waals surface area contributed by atoms with E-state index in [0.29, 0.717) is 19.0 Å². The number of rotatable bonds is 5. The van der Waals surface area contributed by atoms with Crippen LogP contribution in [0.2, 0.25) is 0 Å². The molecular formula is C24H31N5O2. The van der Waals surface area contributed by atoms with Gasteiger partial charge in [-0.15, -0.1) is 0 Å². The van der Waals surface area contributed by atoms with Gasteiger partial charge in [-0.1, -0.05) is 12.1 Å². The number of hydrogen-bond donors (Lipinski definition) is 2. The first kappa shape index (κ1) is 21.5. The maximum Gasteiger partial charge on any atom is 0.242 e. The first-order valence-electron chi connectivity index (χ1n) is 11.0. The van der Waals surface area contributed by atoms with Gasteiger partial charge in [0.15, 0.2) is 0 Å². The Bertz CT molecular complexity index is 911. The van der Waals surface area contributed by atoms with E-state index in [2.05, 4.69) is 22.4 Å². The highest BCUT2D eigenvalue weighted by molar-refractivity contribution is 6.02. The first-order chi connectivity index (χ1) is 14.8. The zero-order valence-electron chi connectivity index (χ0n) is 18.3. The Balaban J connectivity index is 1.48. The van der Waals surface area contributed by atoms with Gasteiger partial charge in [-0.05, 0) is 62.4 Å². The van der Waals surface area contributed by atoms with Gasteiger partial charge in [-0.2, -0.15) is 0 Å². The van der Waals surface area contributed by atoms with Gasteiger partial charge >= 0.3 is 0 Å². The number of nitrogens with one attached hydrogen (secondary N) is 1.